The van der Waals surface area contributed by atoms with Gasteiger partial charge in [0, 0.05) is 23.3 Å². The molecule has 2 heterocycles. The second-order valence-corrected chi connectivity index (χ2v) is 7.59. The molecule has 0 aliphatic rings. The van der Waals surface area contributed by atoms with Crippen LogP contribution in [0.15, 0.2) is 12.1 Å². The maximum atomic E-state index is 5.95. The Labute approximate surface area is 127 Å². The minimum absolute atomic E-state index is 0.410. The number of nitrogens with zero attached hydrogens (tertiary/aromatic N) is 2. The Hall–Kier alpha value is -0.620. The van der Waals surface area contributed by atoms with Crippen LogP contribution in [0.1, 0.15) is 35.2 Å². The summed E-state index contributed by atoms with van der Waals surface area (Å²) in [5.74, 6) is 0.410. The van der Waals surface area contributed by atoms with Gasteiger partial charge in [-0.15, -0.1) is 22.7 Å². The van der Waals surface area contributed by atoms with Crippen LogP contribution in [-0.4, -0.2) is 12.0 Å². The molecule has 0 fully saturated rings. The SMILES string of the molecule is CC(C)c1nc(N(C)Cc2ccc(Cl)s2)sc1CN. The molecule has 2 rings (SSSR count). The molecule has 0 aromatic carbocycles. The Bertz CT molecular complexity index is 548. The number of halogens is 1. The van der Waals surface area contributed by atoms with Crippen LogP contribution in [0.4, 0.5) is 5.13 Å². The summed E-state index contributed by atoms with van der Waals surface area (Å²) in [4.78, 5) is 9.29. The molecule has 2 N–H and O–H groups in total. The lowest BCUT2D eigenvalue weighted by molar-refractivity contribution is 0.805. The number of thiazole rings is 1. The standard InChI is InChI=1S/C13H18ClN3S2/c1-8(2)12-10(6-15)19-13(16-12)17(3)7-9-4-5-11(14)18-9/h4-5,8H,6-7,15H2,1-3H3. The number of hydrogen-bond acceptors (Lipinski definition) is 5. The summed E-state index contributed by atoms with van der Waals surface area (Å²) in [6.07, 6.45) is 0. The second-order valence-electron chi connectivity index (χ2n) is 4.73. The molecular weight excluding hydrogens is 298 g/mol. The van der Waals surface area contributed by atoms with Crippen molar-refractivity contribution < 1.29 is 0 Å². The van der Waals surface area contributed by atoms with E-state index in [1.807, 2.05) is 6.07 Å². The van der Waals surface area contributed by atoms with Crippen LogP contribution in [0.3, 0.4) is 0 Å². The molecule has 0 saturated heterocycles. The normalized spacial score (nSPS) is 11.3. The van der Waals surface area contributed by atoms with Crippen molar-refractivity contribution >= 4 is 39.4 Å². The largest absolute Gasteiger partial charge is 0.346 e. The molecule has 2 aromatic rings. The van der Waals surface area contributed by atoms with Gasteiger partial charge in [-0.05, 0) is 18.1 Å². The maximum absolute atomic E-state index is 5.95. The minimum Gasteiger partial charge on any atom is -0.346 e. The molecule has 0 amide bonds. The summed E-state index contributed by atoms with van der Waals surface area (Å²) in [5, 5.41) is 1.02. The molecule has 2 aromatic heterocycles. The van der Waals surface area contributed by atoms with Gasteiger partial charge in [0.05, 0.1) is 16.6 Å². The van der Waals surface area contributed by atoms with E-state index in [-0.39, 0.29) is 0 Å². The van der Waals surface area contributed by atoms with Gasteiger partial charge in [0.15, 0.2) is 5.13 Å². The van der Waals surface area contributed by atoms with Gasteiger partial charge in [0.25, 0.3) is 0 Å². The van der Waals surface area contributed by atoms with Gasteiger partial charge in [-0.3, -0.25) is 0 Å². The number of rotatable bonds is 5. The van der Waals surface area contributed by atoms with Gasteiger partial charge in [-0.25, -0.2) is 4.98 Å². The number of thiophene rings is 1. The van der Waals surface area contributed by atoms with Crippen LogP contribution < -0.4 is 10.6 Å². The third-order valence-corrected chi connectivity index (χ3v) is 5.22. The zero-order valence-corrected chi connectivity index (χ0v) is 13.7. The van der Waals surface area contributed by atoms with Crippen LogP contribution in [0.5, 0.6) is 0 Å². The van der Waals surface area contributed by atoms with Gasteiger partial charge in [0.1, 0.15) is 0 Å². The average Bonchev–Trinajstić information content (AvgIpc) is 2.95. The van der Waals surface area contributed by atoms with Crippen molar-refractivity contribution in [2.45, 2.75) is 32.9 Å². The fourth-order valence-electron chi connectivity index (χ4n) is 1.85. The summed E-state index contributed by atoms with van der Waals surface area (Å²) >= 11 is 9.25. The number of aromatic nitrogens is 1. The molecule has 0 atom stereocenters. The fourth-order valence-corrected chi connectivity index (χ4v) is 4.04. The van der Waals surface area contributed by atoms with Crippen molar-refractivity contribution in [2.24, 2.45) is 5.73 Å². The smallest absolute Gasteiger partial charge is 0.185 e. The maximum Gasteiger partial charge on any atom is 0.185 e. The van der Waals surface area contributed by atoms with E-state index in [2.05, 4.69) is 31.9 Å². The van der Waals surface area contributed by atoms with E-state index in [1.165, 1.54) is 9.75 Å². The highest BCUT2D eigenvalue weighted by Crippen LogP contribution is 2.31. The van der Waals surface area contributed by atoms with Gasteiger partial charge >= 0.3 is 0 Å². The second kappa shape index (κ2) is 6.22. The molecule has 0 spiro atoms. The van der Waals surface area contributed by atoms with Crippen molar-refractivity contribution in [1.29, 1.82) is 0 Å². The van der Waals surface area contributed by atoms with Crippen LogP contribution >= 0.6 is 34.3 Å². The van der Waals surface area contributed by atoms with Crippen molar-refractivity contribution in [2.75, 3.05) is 11.9 Å². The van der Waals surface area contributed by atoms with Gasteiger partial charge in [-0.2, -0.15) is 0 Å². The van der Waals surface area contributed by atoms with E-state index in [9.17, 15) is 0 Å². The fraction of sp³-hybridized carbons (Fsp3) is 0.462. The highest BCUT2D eigenvalue weighted by Gasteiger charge is 2.16. The van der Waals surface area contributed by atoms with Crippen molar-refractivity contribution in [1.82, 2.24) is 4.98 Å². The molecule has 0 radical (unpaired) electrons. The molecule has 0 aliphatic carbocycles. The van der Waals surface area contributed by atoms with E-state index < -0.39 is 0 Å². The van der Waals surface area contributed by atoms with Crippen LogP contribution in [0.2, 0.25) is 4.34 Å². The highest BCUT2D eigenvalue weighted by atomic mass is 35.5. The molecule has 0 aliphatic heterocycles. The van der Waals surface area contributed by atoms with Crippen molar-refractivity contribution in [3.05, 3.63) is 31.9 Å². The first-order chi connectivity index (χ1) is 9.01. The lowest BCUT2D eigenvalue weighted by Crippen LogP contribution is -2.15. The Morgan fingerprint density at radius 2 is 2.11 bits per heavy atom. The van der Waals surface area contributed by atoms with Crippen LogP contribution in [0.25, 0.3) is 0 Å². The molecule has 0 bridgehead atoms. The zero-order valence-electron chi connectivity index (χ0n) is 11.3. The predicted molar refractivity (Wildman–Crippen MR) is 85.5 cm³/mol. The van der Waals surface area contributed by atoms with E-state index in [0.717, 1.165) is 21.7 Å². The van der Waals surface area contributed by atoms with E-state index in [1.54, 1.807) is 22.7 Å². The first-order valence-corrected chi connectivity index (χ1v) is 8.17. The Kier molecular flexibility index (Phi) is 4.84. The lowest BCUT2D eigenvalue weighted by atomic mass is 10.1. The molecule has 0 saturated carbocycles. The zero-order chi connectivity index (χ0) is 14.0. The first kappa shape index (κ1) is 14.8. The predicted octanol–water partition coefficient (Wildman–Crippen LogP) is 4.08. The number of anilines is 1. The van der Waals surface area contributed by atoms with Gasteiger partial charge < -0.3 is 10.6 Å². The summed E-state index contributed by atoms with van der Waals surface area (Å²) < 4.78 is 0.827. The van der Waals surface area contributed by atoms with Crippen molar-refractivity contribution in [3.8, 4) is 0 Å². The minimum atomic E-state index is 0.410. The number of nitrogens with two attached hydrogens (primary N) is 1. The molecular formula is C13H18ClN3S2. The Morgan fingerprint density at radius 3 is 2.58 bits per heavy atom. The molecule has 3 nitrogen and oxygen atoms in total. The van der Waals surface area contributed by atoms with Gasteiger partial charge in [-0.1, -0.05) is 25.4 Å². The average molecular weight is 316 g/mol. The molecule has 6 heteroatoms. The topological polar surface area (TPSA) is 42.2 Å². The summed E-state index contributed by atoms with van der Waals surface area (Å²) in [7, 11) is 2.05. The van der Waals surface area contributed by atoms with Crippen LogP contribution in [0, 0.1) is 0 Å². The third kappa shape index (κ3) is 3.48. The lowest BCUT2D eigenvalue weighted by Gasteiger charge is -2.14. The van der Waals surface area contributed by atoms with Gasteiger partial charge in [0.2, 0.25) is 0 Å². The monoisotopic (exact) mass is 315 g/mol. The first-order valence-electron chi connectivity index (χ1n) is 6.16. The van der Waals surface area contributed by atoms with E-state index >= 15 is 0 Å². The van der Waals surface area contributed by atoms with E-state index in [0.29, 0.717) is 12.5 Å². The molecule has 104 valence electrons. The quantitative estimate of drug-likeness (QED) is 0.904. The molecule has 0 unspecified atom stereocenters. The Balaban J connectivity index is 2.17. The van der Waals surface area contributed by atoms with Crippen molar-refractivity contribution in [3.63, 3.8) is 0 Å². The highest BCUT2D eigenvalue weighted by molar-refractivity contribution is 7.16. The summed E-state index contributed by atoms with van der Waals surface area (Å²) in [5.41, 5.74) is 6.92. The van der Waals surface area contributed by atoms with Crippen LogP contribution in [-0.2, 0) is 13.1 Å². The summed E-state index contributed by atoms with van der Waals surface area (Å²) in [6, 6.07) is 3.99. The molecule has 19 heavy (non-hydrogen) atoms. The van der Waals surface area contributed by atoms with E-state index in [4.69, 9.17) is 22.3 Å². The summed E-state index contributed by atoms with van der Waals surface area (Å²) in [6.45, 7) is 5.68. The third-order valence-electron chi connectivity index (χ3n) is 2.80. The Morgan fingerprint density at radius 1 is 1.37 bits per heavy atom. The number of hydrogen-bond donors (Lipinski definition) is 1.